The molecule has 4 N–H and O–H groups in total. The SMILES string of the molecule is O=c1cc(C(O)NCc2ccc3cc(CNCC4CCC4)[nH]c3c2)nc2ccccn12. The van der Waals surface area contributed by atoms with Gasteiger partial charge in [-0.1, -0.05) is 24.6 Å². The van der Waals surface area contributed by atoms with Crippen molar-refractivity contribution in [1.29, 1.82) is 0 Å². The summed E-state index contributed by atoms with van der Waals surface area (Å²) in [4.78, 5) is 20.1. The van der Waals surface area contributed by atoms with E-state index < -0.39 is 6.23 Å². The Bertz CT molecular complexity index is 1260. The number of aliphatic hydroxyl groups is 1. The second-order valence-electron chi connectivity index (χ2n) is 8.38. The Morgan fingerprint density at radius 2 is 2.06 bits per heavy atom. The molecule has 3 heterocycles. The van der Waals surface area contributed by atoms with Crippen molar-refractivity contribution in [2.45, 2.75) is 38.6 Å². The molecular weight excluding hydrogens is 390 g/mol. The van der Waals surface area contributed by atoms with Crippen LogP contribution in [-0.4, -0.2) is 26.0 Å². The summed E-state index contributed by atoms with van der Waals surface area (Å²) in [6.07, 6.45) is 4.72. The van der Waals surface area contributed by atoms with Gasteiger partial charge in [-0.25, -0.2) is 4.98 Å². The molecule has 5 rings (SSSR count). The first-order valence-corrected chi connectivity index (χ1v) is 10.9. The molecule has 0 aliphatic heterocycles. The smallest absolute Gasteiger partial charge is 0.258 e. The molecule has 1 aliphatic rings. The molecule has 1 unspecified atom stereocenters. The number of pyridine rings is 1. The first-order valence-electron chi connectivity index (χ1n) is 10.9. The predicted molar refractivity (Wildman–Crippen MR) is 121 cm³/mol. The van der Waals surface area contributed by atoms with Crippen LogP contribution in [0.5, 0.6) is 0 Å². The summed E-state index contributed by atoms with van der Waals surface area (Å²) in [5.74, 6) is 0.849. The average Bonchev–Trinajstić information content (AvgIpc) is 3.15. The largest absolute Gasteiger partial charge is 0.373 e. The van der Waals surface area contributed by atoms with E-state index in [0.717, 1.165) is 30.1 Å². The van der Waals surface area contributed by atoms with Crippen molar-refractivity contribution in [3.8, 4) is 0 Å². The van der Waals surface area contributed by atoms with Gasteiger partial charge in [0.1, 0.15) is 11.9 Å². The minimum absolute atomic E-state index is 0.215. The third kappa shape index (κ3) is 4.39. The minimum Gasteiger partial charge on any atom is -0.373 e. The van der Waals surface area contributed by atoms with Crippen LogP contribution in [0.4, 0.5) is 0 Å². The number of nitrogens with zero attached hydrogens (tertiary/aromatic N) is 2. The molecule has 0 bridgehead atoms. The van der Waals surface area contributed by atoms with Gasteiger partial charge in [0.25, 0.3) is 5.56 Å². The quantitative estimate of drug-likeness (QED) is 0.331. The number of aliphatic hydroxyl groups excluding tert-OH is 1. The van der Waals surface area contributed by atoms with E-state index in [1.165, 1.54) is 40.8 Å². The fraction of sp³-hybridized carbons (Fsp3) is 0.333. The van der Waals surface area contributed by atoms with E-state index in [1.807, 2.05) is 12.1 Å². The number of rotatable bonds is 8. The Balaban J connectivity index is 1.23. The van der Waals surface area contributed by atoms with Crippen LogP contribution in [-0.2, 0) is 13.1 Å². The fourth-order valence-electron chi connectivity index (χ4n) is 4.08. The number of aromatic nitrogens is 3. The molecule has 4 aromatic rings. The van der Waals surface area contributed by atoms with Crippen LogP contribution in [0.25, 0.3) is 16.6 Å². The van der Waals surface area contributed by atoms with Crippen LogP contribution in [0.2, 0.25) is 0 Å². The molecule has 0 spiro atoms. The maximum Gasteiger partial charge on any atom is 0.258 e. The number of nitrogens with one attached hydrogen (secondary N) is 3. The van der Waals surface area contributed by atoms with Gasteiger partial charge in [-0.05, 0) is 60.5 Å². The number of hydrogen-bond donors (Lipinski definition) is 4. The number of hydrogen-bond acceptors (Lipinski definition) is 5. The van der Waals surface area contributed by atoms with E-state index in [1.54, 1.807) is 18.3 Å². The van der Waals surface area contributed by atoms with Gasteiger partial charge >= 0.3 is 0 Å². The molecule has 3 aromatic heterocycles. The van der Waals surface area contributed by atoms with Gasteiger partial charge in [0, 0.05) is 36.6 Å². The normalized spacial score (nSPS) is 15.4. The van der Waals surface area contributed by atoms with Gasteiger partial charge < -0.3 is 15.4 Å². The van der Waals surface area contributed by atoms with E-state index in [9.17, 15) is 9.90 Å². The minimum atomic E-state index is -1.02. The second kappa shape index (κ2) is 8.63. The fourth-order valence-corrected chi connectivity index (χ4v) is 4.08. The second-order valence-corrected chi connectivity index (χ2v) is 8.38. The molecule has 1 saturated carbocycles. The molecule has 1 aliphatic carbocycles. The summed E-state index contributed by atoms with van der Waals surface area (Å²) in [6, 6.07) is 15.1. The van der Waals surface area contributed by atoms with Crippen LogP contribution < -0.4 is 16.2 Å². The topological polar surface area (TPSA) is 94.5 Å². The van der Waals surface area contributed by atoms with Gasteiger partial charge in [-0.2, -0.15) is 0 Å². The lowest BCUT2D eigenvalue weighted by molar-refractivity contribution is 0.132. The third-order valence-electron chi connectivity index (χ3n) is 6.09. The molecule has 7 heteroatoms. The summed E-state index contributed by atoms with van der Waals surface area (Å²) < 4.78 is 1.45. The lowest BCUT2D eigenvalue weighted by Gasteiger charge is -2.25. The first-order chi connectivity index (χ1) is 15.2. The van der Waals surface area contributed by atoms with Crippen LogP contribution >= 0.6 is 0 Å². The summed E-state index contributed by atoms with van der Waals surface area (Å²) in [7, 11) is 0. The molecular formula is C24H27N5O2. The Kier molecular flexibility index (Phi) is 5.55. The van der Waals surface area contributed by atoms with Crippen molar-refractivity contribution >= 4 is 16.6 Å². The van der Waals surface area contributed by atoms with Crippen molar-refractivity contribution in [3.63, 3.8) is 0 Å². The van der Waals surface area contributed by atoms with Crippen LogP contribution in [0, 0.1) is 5.92 Å². The number of fused-ring (bicyclic) bond motifs is 2. The van der Waals surface area contributed by atoms with Crippen molar-refractivity contribution in [2.24, 2.45) is 5.92 Å². The van der Waals surface area contributed by atoms with Crippen molar-refractivity contribution in [2.75, 3.05) is 6.54 Å². The molecule has 1 aromatic carbocycles. The zero-order valence-electron chi connectivity index (χ0n) is 17.3. The summed E-state index contributed by atoms with van der Waals surface area (Å²) in [6.45, 7) is 2.40. The van der Waals surface area contributed by atoms with E-state index in [4.69, 9.17) is 0 Å². The Morgan fingerprint density at radius 1 is 1.16 bits per heavy atom. The van der Waals surface area contributed by atoms with Gasteiger partial charge in [-0.15, -0.1) is 0 Å². The standard InChI is InChI=1S/C24H27N5O2/c30-23-12-21(28-22-6-1-2-9-29(22)23)24(31)26-14-17-7-8-18-11-19(27-20(18)10-17)15-25-13-16-4-3-5-16/h1-2,6-12,16,24-27,31H,3-5,13-15H2. The zero-order chi connectivity index (χ0) is 21.2. The third-order valence-corrected chi connectivity index (χ3v) is 6.09. The molecule has 0 saturated heterocycles. The predicted octanol–water partition coefficient (Wildman–Crippen LogP) is 2.85. The van der Waals surface area contributed by atoms with Crippen molar-refractivity contribution in [3.05, 3.63) is 82.0 Å². The average molecular weight is 418 g/mol. The molecule has 0 radical (unpaired) electrons. The highest BCUT2D eigenvalue weighted by Gasteiger charge is 2.16. The Hall–Kier alpha value is -3.00. The Morgan fingerprint density at radius 3 is 2.90 bits per heavy atom. The van der Waals surface area contributed by atoms with Crippen LogP contribution in [0.15, 0.2) is 59.5 Å². The van der Waals surface area contributed by atoms with Gasteiger partial charge in [0.15, 0.2) is 0 Å². The molecule has 1 atom stereocenters. The molecule has 0 amide bonds. The molecule has 7 nitrogen and oxygen atoms in total. The van der Waals surface area contributed by atoms with Gasteiger partial charge in [0.2, 0.25) is 0 Å². The van der Waals surface area contributed by atoms with E-state index in [2.05, 4.69) is 38.8 Å². The highest BCUT2D eigenvalue weighted by atomic mass is 16.3. The van der Waals surface area contributed by atoms with Gasteiger partial charge in [0.05, 0.1) is 5.69 Å². The van der Waals surface area contributed by atoms with E-state index in [0.29, 0.717) is 17.9 Å². The summed E-state index contributed by atoms with van der Waals surface area (Å²) in [5.41, 5.74) is 3.92. The highest BCUT2D eigenvalue weighted by molar-refractivity contribution is 5.81. The highest BCUT2D eigenvalue weighted by Crippen LogP contribution is 2.25. The van der Waals surface area contributed by atoms with E-state index in [-0.39, 0.29) is 5.56 Å². The lowest BCUT2D eigenvalue weighted by Crippen LogP contribution is -2.26. The summed E-state index contributed by atoms with van der Waals surface area (Å²) >= 11 is 0. The maximum atomic E-state index is 12.2. The molecule has 1 fully saturated rings. The van der Waals surface area contributed by atoms with Crippen molar-refractivity contribution < 1.29 is 5.11 Å². The van der Waals surface area contributed by atoms with Crippen LogP contribution in [0.3, 0.4) is 0 Å². The van der Waals surface area contributed by atoms with Crippen molar-refractivity contribution in [1.82, 2.24) is 25.0 Å². The van der Waals surface area contributed by atoms with E-state index >= 15 is 0 Å². The number of H-pyrrole nitrogens is 1. The first kappa shape index (κ1) is 19.9. The molecule has 160 valence electrons. The molecule has 31 heavy (non-hydrogen) atoms. The Labute approximate surface area is 180 Å². The maximum absolute atomic E-state index is 12.2. The monoisotopic (exact) mass is 417 g/mol. The van der Waals surface area contributed by atoms with Crippen LogP contribution in [0.1, 0.15) is 42.4 Å². The summed E-state index contributed by atoms with van der Waals surface area (Å²) in [5, 5.41) is 18.3. The number of benzene rings is 1. The zero-order valence-corrected chi connectivity index (χ0v) is 17.3. The van der Waals surface area contributed by atoms with Gasteiger partial charge in [-0.3, -0.25) is 14.5 Å². The number of aromatic amines is 1. The lowest BCUT2D eigenvalue weighted by atomic mass is 9.85.